The maximum atomic E-state index is 13.3. The van der Waals surface area contributed by atoms with Gasteiger partial charge in [0.2, 0.25) is 0 Å². The minimum absolute atomic E-state index is 0.0542. The predicted molar refractivity (Wildman–Crippen MR) is 136 cm³/mol. The van der Waals surface area contributed by atoms with Crippen LogP contribution in [0.4, 0.5) is 0 Å². The zero-order chi connectivity index (χ0) is 25.7. The molecule has 2 aliphatic heterocycles. The SMILES string of the molecule is CCCCCOc1cccc(C2C(=C(O)c3ccc4c(c3)OCCO4)C(=O)C(=O)N2CCN(C)C)c1. The van der Waals surface area contributed by atoms with Crippen molar-refractivity contribution in [3.63, 3.8) is 0 Å². The summed E-state index contributed by atoms with van der Waals surface area (Å²) in [5, 5.41) is 11.3. The molecule has 1 fully saturated rings. The molecule has 2 aliphatic rings. The summed E-state index contributed by atoms with van der Waals surface area (Å²) >= 11 is 0. The van der Waals surface area contributed by atoms with Gasteiger partial charge in [0.15, 0.2) is 11.5 Å². The van der Waals surface area contributed by atoms with Gasteiger partial charge in [0, 0.05) is 18.7 Å². The summed E-state index contributed by atoms with van der Waals surface area (Å²) in [4.78, 5) is 29.9. The fourth-order valence-corrected chi connectivity index (χ4v) is 4.43. The van der Waals surface area contributed by atoms with E-state index in [0.29, 0.717) is 61.3 Å². The Morgan fingerprint density at radius 3 is 2.61 bits per heavy atom. The number of ether oxygens (including phenoxy) is 3. The van der Waals surface area contributed by atoms with Gasteiger partial charge in [0.05, 0.1) is 18.2 Å². The Morgan fingerprint density at radius 1 is 1.08 bits per heavy atom. The van der Waals surface area contributed by atoms with Gasteiger partial charge in [-0.3, -0.25) is 9.59 Å². The van der Waals surface area contributed by atoms with Crippen LogP contribution in [0.25, 0.3) is 5.76 Å². The first-order chi connectivity index (χ1) is 17.4. The van der Waals surface area contributed by atoms with Crippen LogP contribution in [0, 0.1) is 0 Å². The number of hydrogen-bond acceptors (Lipinski definition) is 7. The predicted octanol–water partition coefficient (Wildman–Crippen LogP) is 4.01. The number of hydrogen-bond donors (Lipinski definition) is 1. The van der Waals surface area contributed by atoms with Crippen LogP contribution in [-0.4, -0.2) is 73.6 Å². The zero-order valence-corrected chi connectivity index (χ0v) is 21.2. The van der Waals surface area contributed by atoms with Crippen molar-refractivity contribution >= 4 is 17.4 Å². The normalized spacial score (nSPS) is 18.7. The minimum atomic E-state index is -0.739. The highest BCUT2D eigenvalue weighted by atomic mass is 16.6. The van der Waals surface area contributed by atoms with Crippen LogP contribution < -0.4 is 14.2 Å². The molecule has 8 nitrogen and oxygen atoms in total. The average molecular weight is 495 g/mol. The third kappa shape index (κ3) is 5.49. The summed E-state index contributed by atoms with van der Waals surface area (Å²) in [6, 6.07) is 11.7. The number of Topliss-reactive ketones (excluding diaryl/α,β-unsaturated/α-hetero) is 1. The van der Waals surface area contributed by atoms with Gasteiger partial charge in [-0.2, -0.15) is 0 Å². The Hall–Kier alpha value is -3.52. The van der Waals surface area contributed by atoms with E-state index in [-0.39, 0.29) is 11.3 Å². The Balaban J connectivity index is 1.74. The van der Waals surface area contributed by atoms with Crippen LogP contribution in [-0.2, 0) is 9.59 Å². The summed E-state index contributed by atoms with van der Waals surface area (Å²) < 4.78 is 17.2. The average Bonchev–Trinajstić information content (AvgIpc) is 3.14. The van der Waals surface area contributed by atoms with Crippen molar-refractivity contribution in [1.29, 1.82) is 0 Å². The van der Waals surface area contributed by atoms with E-state index in [2.05, 4.69) is 6.92 Å². The molecule has 2 heterocycles. The van der Waals surface area contributed by atoms with Crippen LogP contribution in [0.3, 0.4) is 0 Å². The molecule has 0 bridgehead atoms. The maximum Gasteiger partial charge on any atom is 0.295 e. The molecular formula is C28H34N2O6. The molecule has 2 aromatic carbocycles. The first kappa shape index (κ1) is 25.6. The summed E-state index contributed by atoms with van der Waals surface area (Å²) in [6.45, 7) is 4.49. The quantitative estimate of drug-likeness (QED) is 0.231. The second kappa shape index (κ2) is 11.5. The van der Waals surface area contributed by atoms with Gasteiger partial charge in [-0.25, -0.2) is 0 Å². The van der Waals surface area contributed by atoms with Crippen LogP contribution in [0.5, 0.6) is 17.2 Å². The number of benzene rings is 2. The molecule has 1 unspecified atom stereocenters. The first-order valence-electron chi connectivity index (χ1n) is 12.5. The summed E-state index contributed by atoms with van der Waals surface area (Å²) in [5.74, 6) is 0.161. The van der Waals surface area contributed by atoms with Crippen molar-refractivity contribution in [2.45, 2.75) is 32.2 Å². The van der Waals surface area contributed by atoms with Gasteiger partial charge in [-0.1, -0.05) is 31.9 Å². The van der Waals surface area contributed by atoms with E-state index in [0.717, 1.165) is 19.3 Å². The Kier molecular flexibility index (Phi) is 8.15. The van der Waals surface area contributed by atoms with Gasteiger partial charge in [0.1, 0.15) is 24.7 Å². The van der Waals surface area contributed by atoms with Gasteiger partial charge in [-0.15, -0.1) is 0 Å². The Morgan fingerprint density at radius 2 is 1.86 bits per heavy atom. The molecule has 0 aliphatic carbocycles. The number of aliphatic hydroxyl groups is 1. The van der Waals surface area contributed by atoms with E-state index in [1.807, 2.05) is 43.3 Å². The van der Waals surface area contributed by atoms with Crippen molar-refractivity contribution in [3.05, 3.63) is 59.2 Å². The van der Waals surface area contributed by atoms with Crippen LogP contribution >= 0.6 is 0 Å². The van der Waals surface area contributed by atoms with Gasteiger partial charge >= 0.3 is 0 Å². The third-order valence-corrected chi connectivity index (χ3v) is 6.33. The van der Waals surface area contributed by atoms with E-state index >= 15 is 0 Å². The second-order valence-corrected chi connectivity index (χ2v) is 9.28. The van der Waals surface area contributed by atoms with E-state index in [9.17, 15) is 14.7 Å². The molecule has 192 valence electrons. The fraction of sp³-hybridized carbons (Fsp3) is 0.429. The van der Waals surface area contributed by atoms with Crippen molar-refractivity contribution < 1.29 is 28.9 Å². The summed E-state index contributed by atoms with van der Waals surface area (Å²) in [5.41, 5.74) is 1.15. The number of likely N-dealkylation sites (tertiary alicyclic amines) is 1. The smallest absolute Gasteiger partial charge is 0.295 e. The molecule has 36 heavy (non-hydrogen) atoms. The van der Waals surface area contributed by atoms with Crippen molar-refractivity contribution in [2.75, 3.05) is 47.0 Å². The third-order valence-electron chi connectivity index (χ3n) is 6.33. The summed E-state index contributed by atoms with van der Waals surface area (Å²) in [7, 11) is 3.82. The van der Waals surface area contributed by atoms with E-state index < -0.39 is 17.7 Å². The van der Waals surface area contributed by atoms with Gasteiger partial charge in [-0.05, 0) is 56.4 Å². The van der Waals surface area contributed by atoms with Gasteiger partial charge < -0.3 is 29.1 Å². The number of rotatable bonds is 10. The standard InChI is InChI=1S/C28H34N2O6/c1-4-5-6-14-34-21-9-7-8-19(17-21)25-24(27(32)28(33)30(25)13-12-29(2)3)26(31)20-10-11-22-23(18-20)36-16-15-35-22/h7-11,17-18,25,31H,4-6,12-16H2,1-3H3. The highest BCUT2D eigenvalue weighted by Crippen LogP contribution is 2.41. The number of aliphatic hydroxyl groups excluding tert-OH is 1. The molecule has 1 amide bonds. The molecule has 8 heteroatoms. The maximum absolute atomic E-state index is 13.3. The van der Waals surface area contributed by atoms with E-state index in [1.165, 1.54) is 4.90 Å². The van der Waals surface area contributed by atoms with Crippen molar-refractivity contribution in [3.8, 4) is 17.2 Å². The van der Waals surface area contributed by atoms with Crippen LogP contribution in [0.2, 0.25) is 0 Å². The summed E-state index contributed by atoms with van der Waals surface area (Å²) in [6.07, 6.45) is 3.13. The Labute approximate surface area is 212 Å². The lowest BCUT2D eigenvalue weighted by Gasteiger charge is -2.27. The number of carbonyl (C=O) groups is 2. The molecule has 2 aromatic rings. The largest absolute Gasteiger partial charge is 0.507 e. The molecule has 0 radical (unpaired) electrons. The van der Waals surface area contributed by atoms with Crippen LogP contribution in [0.1, 0.15) is 43.4 Å². The number of ketones is 1. The lowest BCUT2D eigenvalue weighted by Crippen LogP contribution is -2.35. The molecule has 1 saturated heterocycles. The lowest BCUT2D eigenvalue weighted by molar-refractivity contribution is -0.140. The number of likely N-dealkylation sites (N-methyl/N-ethyl adjacent to an activating group) is 1. The number of nitrogens with zero attached hydrogens (tertiary/aromatic N) is 2. The molecular weight excluding hydrogens is 460 g/mol. The molecule has 0 saturated carbocycles. The lowest BCUT2D eigenvalue weighted by atomic mass is 9.95. The topological polar surface area (TPSA) is 88.5 Å². The van der Waals surface area contributed by atoms with Crippen LogP contribution in [0.15, 0.2) is 48.0 Å². The van der Waals surface area contributed by atoms with Crippen molar-refractivity contribution in [2.24, 2.45) is 0 Å². The monoisotopic (exact) mass is 494 g/mol. The first-order valence-corrected chi connectivity index (χ1v) is 12.5. The number of fused-ring (bicyclic) bond motifs is 1. The molecule has 0 aromatic heterocycles. The Bertz CT molecular complexity index is 1140. The zero-order valence-electron chi connectivity index (χ0n) is 21.2. The highest BCUT2D eigenvalue weighted by Gasteiger charge is 2.46. The van der Waals surface area contributed by atoms with Crippen molar-refractivity contribution in [1.82, 2.24) is 9.80 Å². The number of amides is 1. The number of unbranched alkanes of at least 4 members (excludes halogenated alkanes) is 2. The molecule has 1 N–H and O–H groups in total. The molecule has 1 atom stereocenters. The molecule has 0 spiro atoms. The fourth-order valence-electron chi connectivity index (χ4n) is 4.43. The van der Waals surface area contributed by atoms with E-state index in [4.69, 9.17) is 14.2 Å². The van der Waals surface area contributed by atoms with Gasteiger partial charge in [0.25, 0.3) is 11.7 Å². The van der Waals surface area contributed by atoms with E-state index in [1.54, 1.807) is 18.2 Å². The molecule has 4 rings (SSSR count). The second-order valence-electron chi connectivity index (χ2n) is 9.28. The minimum Gasteiger partial charge on any atom is -0.507 e. The number of carbonyl (C=O) groups excluding carboxylic acids is 2. The highest BCUT2D eigenvalue weighted by molar-refractivity contribution is 6.46.